The molecule has 1 saturated carbocycles. The number of carbonyl (C=O) groups excluding carboxylic acids is 1. The van der Waals surface area contributed by atoms with E-state index in [2.05, 4.69) is 10.2 Å². The third kappa shape index (κ3) is 5.89. The first-order chi connectivity index (χ1) is 16.1. The van der Waals surface area contributed by atoms with Gasteiger partial charge in [0, 0.05) is 18.7 Å². The van der Waals surface area contributed by atoms with E-state index in [-0.39, 0.29) is 18.3 Å². The zero-order valence-corrected chi connectivity index (χ0v) is 19.5. The Morgan fingerprint density at radius 1 is 1.09 bits per heavy atom. The van der Waals surface area contributed by atoms with Crippen LogP contribution in [0.15, 0.2) is 53.7 Å². The Morgan fingerprint density at radius 2 is 1.82 bits per heavy atom. The van der Waals surface area contributed by atoms with Crippen molar-refractivity contribution in [1.82, 2.24) is 19.8 Å². The molecule has 0 bridgehead atoms. The molecule has 0 spiro atoms. The number of rotatable bonds is 11. The number of carbonyl (C=O) groups is 1. The predicted molar refractivity (Wildman–Crippen MR) is 125 cm³/mol. The number of benzene rings is 2. The van der Waals surface area contributed by atoms with Crippen molar-refractivity contribution in [2.45, 2.75) is 37.2 Å². The number of methoxy groups -OCH3 is 2. The minimum Gasteiger partial charge on any atom is -0.497 e. The summed E-state index contributed by atoms with van der Waals surface area (Å²) in [5, 5.41) is 8.69. The minimum atomic E-state index is 0.0514. The zero-order valence-electron chi connectivity index (χ0n) is 18.6. The second kappa shape index (κ2) is 10.5. The molecule has 4 rings (SSSR count). The molecule has 9 nitrogen and oxygen atoms in total. The van der Waals surface area contributed by atoms with Gasteiger partial charge >= 0.3 is 0 Å². The molecule has 1 fully saturated rings. The molecule has 1 amide bonds. The van der Waals surface area contributed by atoms with Crippen molar-refractivity contribution in [1.29, 1.82) is 0 Å². The fraction of sp³-hybridized carbons (Fsp3) is 0.348. The van der Waals surface area contributed by atoms with Crippen LogP contribution in [0.5, 0.6) is 17.2 Å². The largest absolute Gasteiger partial charge is 0.497 e. The molecule has 1 aliphatic rings. The van der Waals surface area contributed by atoms with Crippen LogP contribution in [0.25, 0.3) is 0 Å². The maximum absolute atomic E-state index is 13.0. The van der Waals surface area contributed by atoms with Crippen molar-refractivity contribution in [3.8, 4) is 17.2 Å². The van der Waals surface area contributed by atoms with Crippen molar-refractivity contribution in [3.05, 3.63) is 59.9 Å². The Kier molecular flexibility index (Phi) is 7.23. The van der Waals surface area contributed by atoms with Gasteiger partial charge in [0.2, 0.25) is 11.1 Å². The molecule has 0 saturated heterocycles. The van der Waals surface area contributed by atoms with Crippen LogP contribution in [0.3, 0.4) is 0 Å². The summed E-state index contributed by atoms with van der Waals surface area (Å²) in [4.78, 5) is 14.9. The summed E-state index contributed by atoms with van der Waals surface area (Å²) in [7, 11) is 3.24. The molecule has 0 unspecified atom stereocenters. The Morgan fingerprint density at radius 3 is 2.52 bits per heavy atom. The first-order valence-corrected chi connectivity index (χ1v) is 11.6. The Labute approximate surface area is 196 Å². The average Bonchev–Trinajstić information content (AvgIpc) is 3.63. The number of nitrogen functional groups attached to an aromatic ring is 1. The molecule has 2 aromatic carbocycles. The topological polar surface area (TPSA) is 105 Å². The Hall–Kier alpha value is -3.40. The second-order valence-corrected chi connectivity index (χ2v) is 8.57. The Balaban J connectivity index is 1.32. The molecule has 1 aliphatic carbocycles. The zero-order chi connectivity index (χ0) is 23.2. The smallest absolute Gasteiger partial charge is 0.233 e. The first kappa shape index (κ1) is 22.8. The van der Waals surface area contributed by atoms with Crippen LogP contribution >= 0.6 is 11.8 Å². The first-order valence-electron chi connectivity index (χ1n) is 10.6. The predicted octanol–water partition coefficient (Wildman–Crippen LogP) is 2.87. The molecule has 10 heteroatoms. The van der Waals surface area contributed by atoms with Gasteiger partial charge in [-0.3, -0.25) is 4.79 Å². The number of hydrogen-bond acceptors (Lipinski definition) is 8. The maximum atomic E-state index is 13.0. The van der Waals surface area contributed by atoms with E-state index >= 15 is 0 Å². The highest BCUT2D eigenvalue weighted by Gasteiger charge is 2.32. The lowest BCUT2D eigenvalue weighted by molar-refractivity contribution is -0.129. The van der Waals surface area contributed by atoms with E-state index in [0.29, 0.717) is 35.1 Å². The monoisotopic (exact) mass is 469 g/mol. The van der Waals surface area contributed by atoms with Gasteiger partial charge < -0.3 is 25.0 Å². The van der Waals surface area contributed by atoms with Crippen molar-refractivity contribution >= 4 is 17.7 Å². The number of ether oxygens (including phenoxy) is 3. The summed E-state index contributed by atoms with van der Waals surface area (Å²) in [6.45, 7) is 0.722. The highest BCUT2D eigenvalue weighted by molar-refractivity contribution is 7.99. The summed E-state index contributed by atoms with van der Waals surface area (Å²) < 4.78 is 17.5. The lowest BCUT2D eigenvalue weighted by Crippen LogP contribution is -2.34. The van der Waals surface area contributed by atoms with Gasteiger partial charge in [-0.2, -0.15) is 0 Å². The fourth-order valence-electron chi connectivity index (χ4n) is 3.29. The van der Waals surface area contributed by atoms with Gasteiger partial charge in [-0.05, 0) is 42.7 Å². The number of aromatic nitrogens is 3. The number of hydrogen-bond donors (Lipinski definition) is 1. The molecular formula is C23H27N5O4S. The van der Waals surface area contributed by atoms with Gasteiger partial charge in [0.25, 0.3) is 0 Å². The van der Waals surface area contributed by atoms with Gasteiger partial charge in [0.1, 0.15) is 23.9 Å². The van der Waals surface area contributed by atoms with Crippen molar-refractivity contribution in [2.24, 2.45) is 0 Å². The van der Waals surface area contributed by atoms with Crippen LogP contribution in [0.1, 0.15) is 24.2 Å². The van der Waals surface area contributed by atoms with Crippen molar-refractivity contribution < 1.29 is 19.0 Å². The summed E-state index contributed by atoms with van der Waals surface area (Å²) in [5.74, 6) is 9.03. The van der Waals surface area contributed by atoms with Crippen LogP contribution in [0.4, 0.5) is 0 Å². The van der Waals surface area contributed by atoms with Crippen LogP contribution in [0.2, 0.25) is 0 Å². The highest BCUT2D eigenvalue weighted by Crippen LogP contribution is 2.30. The van der Waals surface area contributed by atoms with Gasteiger partial charge in [0.15, 0.2) is 5.82 Å². The Bertz CT molecular complexity index is 1080. The summed E-state index contributed by atoms with van der Waals surface area (Å²) in [5.41, 5.74) is 1.07. The molecule has 3 aromatic rings. The van der Waals surface area contributed by atoms with Gasteiger partial charge in [-0.25, -0.2) is 4.68 Å². The second-order valence-electron chi connectivity index (χ2n) is 7.63. The van der Waals surface area contributed by atoms with Crippen LogP contribution in [0, 0.1) is 0 Å². The normalized spacial score (nSPS) is 12.9. The van der Waals surface area contributed by atoms with Crippen molar-refractivity contribution in [3.63, 3.8) is 0 Å². The van der Waals surface area contributed by atoms with E-state index in [1.807, 2.05) is 47.4 Å². The molecular weight excluding hydrogens is 442 g/mol. The van der Waals surface area contributed by atoms with Gasteiger partial charge in [-0.1, -0.05) is 30.0 Å². The summed E-state index contributed by atoms with van der Waals surface area (Å²) in [6, 6.07) is 15.4. The minimum absolute atomic E-state index is 0.0514. The molecule has 0 radical (unpaired) electrons. The fourth-order valence-corrected chi connectivity index (χ4v) is 4.05. The molecule has 33 heavy (non-hydrogen) atoms. The molecule has 1 aromatic heterocycles. The van der Waals surface area contributed by atoms with Crippen LogP contribution in [-0.2, 0) is 17.9 Å². The van der Waals surface area contributed by atoms with Gasteiger partial charge in [-0.15, -0.1) is 10.2 Å². The summed E-state index contributed by atoms with van der Waals surface area (Å²) in [6.07, 6.45) is 2.07. The SMILES string of the molecule is COc1ccc(CN(C(=O)CSc2nnc(COc3cccc(OC)c3)n2N)C2CC2)cc1. The molecule has 0 aliphatic heterocycles. The van der Waals surface area contributed by atoms with E-state index in [1.165, 1.54) is 16.4 Å². The van der Waals surface area contributed by atoms with Gasteiger partial charge in [0.05, 0.1) is 20.0 Å². The van der Waals surface area contributed by atoms with E-state index < -0.39 is 0 Å². The lowest BCUT2D eigenvalue weighted by Gasteiger charge is -2.22. The summed E-state index contributed by atoms with van der Waals surface area (Å²) >= 11 is 1.27. The highest BCUT2D eigenvalue weighted by atomic mass is 32.2. The van der Waals surface area contributed by atoms with E-state index in [0.717, 1.165) is 24.2 Å². The molecule has 2 N–H and O–H groups in total. The third-order valence-electron chi connectivity index (χ3n) is 5.29. The van der Waals surface area contributed by atoms with E-state index in [9.17, 15) is 4.79 Å². The third-order valence-corrected chi connectivity index (χ3v) is 6.22. The lowest BCUT2D eigenvalue weighted by atomic mass is 10.2. The number of thioether (sulfide) groups is 1. The quantitative estimate of drug-likeness (QED) is 0.338. The van der Waals surface area contributed by atoms with E-state index in [4.69, 9.17) is 20.1 Å². The van der Waals surface area contributed by atoms with E-state index in [1.54, 1.807) is 20.3 Å². The van der Waals surface area contributed by atoms with Crippen LogP contribution in [-0.4, -0.2) is 51.7 Å². The van der Waals surface area contributed by atoms with Crippen LogP contribution < -0.4 is 20.1 Å². The standard InChI is InChI=1S/C23H27N5O4S/c1-30-18-10-6-16(7-11-18)13-27(17-8-9-17)22(29)15-33-23-26-25-21(28(23)24)14-32-20-5-3-4-19(12-20)31-2/h3-7,10-12,17H,8-9,13-15,24H2,1-2H3. The number of nitrogens with zero attached hydrogens (tertiary/aromatic N) is 4. The molecule has 1 heterocycles. The number of nitrogens with two attached hydrogens (primary N) is 1. The van der Waals surface area contributed by atoms with Crippen molar-refractivity contribution in [2.75, 3.05) is 25.8 Å². The number of amides is 1. The molecule has 174 valence electrons. The molecule has 0 atom stereocenters. The maximum Gasteiger partial charge on any atom is 0.233 e. The average molecular weight is 470 g/mol.